The monoisotopic (exact) mass is 781 g/mol. The van der Waals surface area contributed by atoms with Crippen LogP contribution in [0, 0.1) is 0 Å². The van der Waals surface area contributed by atoms with E-state index in [0.29, 0.717) is 42.6 Å². The van der Waals surface area contributed by atoms with E-state index in [0.717, 1.165) is 20.8 Å². The lowest BCUT2D eigenvalue weighted by molar-refractivity contribution is -0.285. The SMILES string of the molecule is CC(=O)NCCCCC(NC(C)=O)C(=O)Nc1ccc(C(OC2OC(COC(C)=O)C(OC(C)=O)C(OC(C)=O)C2NC(=O)CN=[N+]=[N-])c2ccccc2)cc1. The van der Waals surface area contributed by atoms with E-state index in [1.807, 2.05) is 0 Å². The Labute approximate surface area is 323 Å². The highest BCUT2D eigenvalue weighted by molar-refractivity contribution is 5.97. The van der Waals surface area contributed by atoms with Crippen molar-refractivity contribution in [2.45, 2.75) is 96.7 Å². The molecule has 0 aliphatic carbocycles. The van der Waals surface area contributed by atoms with Gasteiger partial charge in [0.25, 0.3) is 0 Å². The van der Waals surface area contributed by atoms with Crippen molar-refractivity contribution in [3.05, 3.63) is 76.2 Å². The Bertz CT molecular complexity index is 1740. The van der Waals surface area contributed by atoms with E-state index < -0.39 is 85.7 Å². The van der Waals surface area contributed by atoms with Crippen molar-refractivity contribution >= 4 is 47.2 Å². The topological polar surface area (TPSA) is 263 Å². The van der Waals surface area contributed by atoms with Gasteiger partial charge in [-0.3, -0.25) is 33.6 Å². The zero-order chi connectivity index (χ0) is 41.2. The molecule has 19 heteroatoms. The molecule has 7 unspecified atom stereocenters. The second-order valence-electron chi connectivity index (χ2n) is 12.7. The van der Waals surface area contributed by atoms with Crippen LogP contribution in [0.25, 0.3) is 10.4 Å². The largest absolute Gasteiger partial charge is 0.463 e. The molecular formula is C37H47N7O12. The Morgan fingerprint density at radius 3 is 2.05 bits per heavy atom. The molecule has 0 saturated carbocycles. The van der Waals surface area contributed by atoms with Crippen LogP contribution in [-0.2, 0) is 57.2 Å². The van der Waals surface area contributed by atoms with Crippen molar-refractivity contribution in [1.82, 2.24) is 16.0 Å². The van der Waals surface area contributed by atoms with Crippen LogP contribution in [0.5, 0.6) is 0 Å². The molecule has 0 aromatic heterocycles. The van der Waals surface area contributed by atoms with Gasteiger partial charge in [0, 0.05) is 51.8 Å². The van der Waals surface area contributed by atoms with Crippen molar-refractivity contribution in [2.24, 2.45) is 5.11 Å². The standard InChI is InChI=1S/C37H47N7O12/c1-21(45)39-18-10-9-13-29(41-22(2)46)36(51)42-28-16-14-27(15-17-28)33(26-11-7-6-8-12-26)56-37-32(43-31(50)19-40-44-38)35(54-25(5)49)34(53-24(4)48)30(55-37)20-52-23(3)47/h6-8,11-12,14-17,29-30,32-35,37H,9-10,13,18-20H2,1-5H3,(H,39,45)(H,41,46)(H,42,51)(H,43,50). The molecule has 0 bridgehead atoms. The number of nitrogens with one attached hydrogen (secondary N) is 4. The fourth-order valence-electron chi connectivity index (χ4n) is 5.83. The predicted octanol–water partition coefficient (Wildman–Crippen LogP) is 2.49. The minimum atomic E-state index is -1.48. The highest BCUT2D eigenvalue weighted by Crippen LogP contribution is 2.34. The summed E-state index contributed by atoms with van der Waals surface area (Å²) in [7, 11) is 0. The number of amides is 4. The molecule has 1 heterocycles. The summed E-state index contributed by atoms with van der Waals surface area (Å²) in [5.74, 6) is -4.07. The maximum atomic E-state index is 13.2. The van der Waals surface area contributed by atoms with Crippen LogP contribution in [0.3, 0.4) is 0 Å². The van der Waals surface area contributed by atoms with E-state index >= 15 is 0 Å². The normalized spacial score (nSPS) is 19.8. The van der Waals surface area contributed by atoms with Gasteiger partial charge in [0.05, 0.1) is 0 Å². The lowest BCUT2D eigenvalue weighted by Crippen LogP contribution is -2.67. The molecule has 302 valence electrons. The average molecular weight is 782 g/mol. The summed E-state index contributed by atoms with van der Waals surface area (Å²) >= 11 is 0. The maximum absolute atomic E-state index is 13.2. The summed E-state index contributed by atoms with van der Waals surface area (Å²) in [4.78, 5) is 88.3. The smallest absolute Gasteiger partial charge is 0.303 e. The summed E-state index contributed by atoms with van der Waals surface area (Å²) in [6.07, 6.45) is -5.01. The van der Waals surface area contributed by atoms with Crippen LogP contribution < -0.4 is 21.3 Å². The molecule has 4 N–H and O–H groups in total. The molecule has 0 spiro atoms. The lowest BCUT2D eigenvalue weighted by Gasteiger charge is -2.45. The van der Waals surface area contributed by atoms with E-state index in [2.05, 4.69) is 31.3 Å². The molecule has 2 aromatic carbocycles. The van der Waals surface area contributed by atoms with Crippen LogP contribution in [0.4, 0.5) is 5.69 Å². The van der Waals surface area contributed by atoms with E-state index in [1.165, 1.54) is 13.8 Å². The first kappa shape index (κ1) is 44.4. The number of carbonyl (C=O) groups excluding carboxylic acids is 7. The molecule has 3 rings (SSSR count). The summed E-state index contributed by atoms with van der Waals surface area (Å²) in [5.41, 5.74) is 10.3. The van der Waals surface area contributed by atoms with Crippen LogP contribution in [0.2, 0.25) is 0 Å². The predicted molar refractivity (Wildman–Crippen MR) is 197 cm³/mol. The van der Waals surface area contributed by atoms with Crippen LogP contribution in [0.15, 0.2) is 59.7 Å². The number of azide groups is 1. The molecule has 1 aliphatic rings. The quantitative estimate of drug-likeness (QED) is 0.0400. The van der Waals surface area contributed by atoms with E-state index in [-0.39, 0.29) is 11.8 Å². The molecule has 1 fully saturated rings. The second kappa shape index (κ2) is 22.4. The molecule has 1 aliphatic heterocycles. The Hall–Kier alpha value is -6.04. The van der Waals surface area contributed by atoms with E-state index in [9.17, 15) is 33.6 Å². The zero-order valence-corrected chi connectivity index (χ0v) is 31.7. The van der Waals surface area contributed by atoms with Crippen LogP contribution >= 0.6 is 0 Å². The summed E-state index contributed by atoms with van der Waals surface area (Å²) in [6, 6.07) is 13.2. The summed E-state index contributed by atoms with van der Waals surface area (Å²) < 4.78 is 29.1. The highest BCUT2D eigenvalue weighted by atomic mass is 16.7. The van der Waals surface area contributed by atoms with Crippen LogP contribution in [-0.4, -0.2) is 97.9 Å². The van der Waals surface area contributed by atoms with Gasteiger partial charge in [0.15, 0.2) is 18.5 Å². The zero-order valence-electron chi connectivity index (χ0n) is 31.7. The van der Waals surface area contributed by atoms with Crippen molar-refractivity contribution in [2.75, 3.05) is 25.0 Å². The number of esters is 3. The lowest BCUT2D eigenvalue weighted by atomic mass is 9.95. The van der Waals surface area contributed by atoms with Crippen molar-refractivity contribution in [1.29, 1.82) is 0 Å². The second-order valence-corrected chi connectivity index (χ2v) is 12.7. The fraction of sp³-hybridized carbons (Fsp3) is 0.486. The average Bonchev–Trinajstić information content (AvgIpc) is 3.13. The molecule has 56 heavy (non-hydrogen) atoms. The molecule has 2 aromatic rings. The first-order valence-corrected chi connectivity index (χ1v) is 17.7. The van der Waals surface area contributed by atoms with E-state index in [1.54, 1.807) is 54.6 Å². The Balaban J connectivity index is 1.98. The van der Waals surface area contributed by atoms with Crippen molar-refractivity contribution in [3.8, 4) is 0 Å². The highest BCUT2D eigenvalue weighted by Gasteiger charge is 2.52. The first-order valence-electron chi connectivity index (χ1n) is 17.7. The van der Waals surface area contributed by atoms with Gasteiger partial charge in [0.2, 0.25) is 23.6 Å². The first-order chi connectivity index (χ1) is 26.7. The summed E-state index contributed by atoms with van der Waals surface area (Å²) in [5, 5.41) is 14.1. The molecule has 1 saturated heterocycles. The third-order valence-corrected chi connectivity index (χ3v) is 8.15. The van der Waals surface area contributed by atoms with Gasteiger partial charge in [-0.25, -0.2) is 0 Å². The van der Waals surface area contributed by atoms with E-state index in [4.69, 9.17) is 29.2 Å². The minimum Gasteiger partial charge on any atom is -0.463 e. The molecule has 19 nitrogen and oxygen atoms in total. The van der Waals surface area contributed by atoms with Gasteiger partial charge in [0.1, 0.15) is 37.4 Å². The Kier molecular flexibility index (Phi) is 17.7. The minimum absolute atomic E-state index is 0.160. The number of anilines is 1. The number of hydrogen-bond acceptors (Lipinski definition) is 13. The van der Waals surface area contributed by atoms with Crippen molar-refractivity contribution < 1.29 is 57.2 Å². The molecule has 0 radical (unpaired) electrons. The number of ether oxygens (including phenoxy) is 5. The van der Waals surface area contributed by atoms with Gasteiger partial charge >= 0.3 is 17.9 Å². The van der Waals surface area contributed by atoms with Gasteiger partial charge in [-0.2, -0.15) is 0 Å². The number of nitrogens with zero attached hydrogens (tertiary/aromatic N) is 3. The van der Waals surface area contributed by atoms with Gasteiger partial charge in [-0.1, -0.05) is 47.6 Å². The number of benzene rings is 2. The van der Waals surface area contributed by atoms with Gasteiger partial charge in [-0.15, -0.1) is 0 Å². The molecule has 7 atom stereocenters. The number of hydrogen-bond donors (Lipinski definition) is 4. The third-order valence-electron chi connectivity index (χ3n) is 8.15. The van der Waals surface area contributed by atoms with Gasteiger partial charge in [-0.05, 0) is 48.1 Å². The third kappa shape index (κ3) is 14.7. The Morgan fingerprint density at radius 2 is 1.46 bits per heavy atom. The Morgan fingerprint density at radius 1 is 0.821 bits per heavy atom. The van der Waals surface area contributed by atoms with Crippen LogP contribution in [0.1, 0.15) is 71.1 Å². The number of carbonyl (C=O) groups is 7. The fourth-order valence-corrected chi connectivity index (χ4v) is 5.83. The maximum Gasteiger partial charge on any atom is 0.303 e. The molecular weight excluding hydrogens is 734 g/mol. The molecule has 4 amide bonds. The summed E-state index contributed by atoms with van der Waals surface area (Å²) in [6.45, 7) is 5.44. The number of rotatable bonds is 19. The van der Waals surface area contributed by atoms with Crippen molar-refractivity contribution in [3.63, 3.8) is 0 Å². The van der Waals surface area contributed by atoms with Gasteiger partial charge < -0.3 is 45.0 Å². The number of unbranched alkanes of at least 4 members (excludes halogenated alkanes) is 1.